The van der Waals surface area contributed by atoms with E-state index in [0.717, 1.165) is 16.8 Å². The Morgan fingerprint density at radius 3 is 2.84 bits per heavy atom. The van der Waals surface area contributed by atoms with Gasteiger partial charge in [0.15, 0.2) is 5.65 Å². The molecule has 158 valence electrons. The molecule has 2 aliphatic heterocycles. The van der Waals surface area contributed by atoms with Crippen LogP contribution in [0.1, 0.15) is 39.6 Å². The summed E-state index contributed by atoms with van der Waals surface area (Å²) < 4.78 is 1.66. The standard InChI is InChI=1S/C24H20N6O2/c1-15-17(14-26-20-8-11-27-30(15)20)22(31)29-12-9-24(21(29)16-5-4-10-25-13-16)18-6-2-3-7-19(18)28-23(24)32/h2-8,10-11,13-14,21H,9,12H2,1H3,(H,28,32). The van der Waals surface area contributed by atoms with E-state index in [1.165, 1.54) is 0 Å². The maximum absolute atomic E-state index is 13.9. The fourth-order valence-electron chi connectivity index (χ4n) is 5.26. The van der Waals surface area contributed by atoms with Crippen LogP contribution in [0.3, 0.4) is 0 Å². The largest absolute Gasteiger partial charge is 0.330 e. The average Bonchev–Trinajstić information content (AvgIpc) is 3.52. The zero-order chi connectivity index (χ0) is 21.9. The monoisotopic (exact) mass is 424 g/mol. The van der Waals surface area contributed by atoms with Crippen molar-refractivity contribution >= 4 is 23.1 Å². The molecule has 0 aliphatic carbocycles. The van der Waals surface area contributed by atoms with Gasteiger partial charge >= 0.3 is 0 Å². The van der Waals surface area contributed by atoms with Gasteiger partial charge in [-0.05, 0) is 36.6 Å². The lowest BCUT2D eigenvalue weighted by Crippen LogP contribution is -2.43. The van der Waals surface area contributed by atoms with Gasteiger partial charge in [0.1, 0.15) is 5.41 Å². The summed E-state index contributed by atoms with van der Waals surface area (Å²) >= 11 is 0. The van der Waals surface area contributed by atoms with E-state index in [9.17, 15) is 9.59 Å². The summed E-state index contributed by atoms with van der Waals surface area (Å²) in [6.45, 7) is 2.30. The molecule has 4 aromatic rings. The van der Waals surface area contributed by atoms with Crippen molar-refractivity contribution in [1.82, 2.24) is 24.5 Å². The van der Waals surface area contributed by atoms with Gasteiger partial charge in [0.2, 0.25) is 5.91 Å². The quantitative estimate of drug-likeness (QED) is 0.534. The van der Waals surface area contributed by atoms with Crippen LogP contribution in [0, 0.1) is 6.92 Å². The zero-order valence-electron chi connectivity index (χ0n) is 17.4. The van der Waals surface area contributed by atoms with Gasteiger partial charge in [-0.2, -0.15) is 5.10 Å². The van der Waals surface area contributed by atoms with E-state index in [1.807, 2.05) is 43.3 Å². The van der Waals surface area contributed by atoms with E-state index in [1.54, 1.807) is 40.3 Å². The first-order valence-corrected chi connectivity index (χ1v) is 10.5. The topological polar surface area (TPSA) is 92.5 Å². The number of fused-ring (bicyclic) bond motifs is 3. The zero-order valence-corrected chi connectivity index (χ0v) is 17.4. The van der Waals surface area contributed by atoms with Crippen LogP contribution < -0.4 is 5.32 Å². The molecule has 2 atom stereocenters. The number of pyridine rings is 1. The Bertz CT molecular complexity index is 1380. The third kappa shape index (κ3) is 2.40. The summed E-state index contributed by atoms with van der Waals surface area (Å²) in [5, 5.41) is 7.32. The fraction of sp³-hybridized carbons (Fsp3) is 0.208. The maximum atomic E-state index is 13.9. The van der Waals surface area contributed by atoms with Crippen LogP contribution in [0.15, 0.2) is 67.3 Å². The predicted octanol–water partition coefficient (Wildman–Crippen LogP) is 2.91. The Morgan fingerprint density at radius 2 is 2.00 bits per heavy atom. The molecule has 8 heteroatoms. The van der Waals surface area contributed by atoms with Crippen molar-refractivity contribution in [2.45, 2.75) is 24.8 Å². The third-order valence-electron chi connectivity index (χ3n) is 6.73. The molecule has 1 saturated heterocycles. The number of nitrogens with one attached hydrogen (secondary N) is 1. The van der Waals surface area contributed by atoms with Gasteiger partial charge in [0.05, 0.1) is 23.5 Å². The van der Waals surface area contributed by atoms with Gasteiger partial charge < -0.3 is 10.2 Å². The highest BCUT2D eigenvalue weighted by atomic mass is 16.2. The number of aromatic nitrogens is 4. The Kier molecular flexibility index (Phi) is 3.92. The van der Waals surface area contributed by atoms with E-state index < -0.39 is 11.5 Å². The molecule has 1 fully saturated rings. The van der Waals surface area contributed by atoms with Crippen molar-refractivity contribution in [3.8, 4) is 0 Å². The molecule has 0 radical (unpaired) electrons. The van der Waals surface area contributed by atoms with Crippen LogP contribution in [-0.2, 0) is 10.2 Å². The summed E-state index contributed by atoms with van der Waals surface area (Å²) in [7, 11) is 0. The van der Waals surface area contributed by atoms with Crippen molar-refractivity contribution in [1.29, 1.82) is 0 Å². The second-order valence-electron chi connectivity index (χ2n) is 8.27. The maximum Gasteiger partial charge on any atom is 0.257 e. The molecule has 32 heavy (non-hydrogen) atoms. The van der Waals surface area contributed by atoms with E-state index >= 15 is 0 Å². The van der Waals surface area contributed by atoms with E-state index in [-0.39, 0.29) is 11.8 Å². The summed E-state index contributed by atoms with van der Waals surface area (Å²) in [6.07, 6.45) is 7.22. The second-order valence-corrected chi connectivity index (χ2v) is 8.27. The molecule has 0 saturated carbocycles. The van der Waals surface area contributed by atoms with Crippen molar-refractivity contribution in [3.05, 3.63) is 89.6 Å². The Morgan fingerprint density at radius 1 is 1.12 bits per heavy atom. The summed E-state index contributed by atoms with van der Waals surface area (Å²) in [5.41, 5.74) is 3.56. The lowest BCUT2D eigenvalue weighted by molar-refractivity contribution is -0.121. The van der Waals surface area contributed by atoms with Gasteiger partial charge in [-0.15, -0.1) is 0 Å². The molecule has 6 rings (SSSR count). The molecule has 2 aliphatic rings. The van der Waals surface area contributed by atoms with E-state index in [0.29, 0.717) is 29.9 Å². The minimum Gasteiger partial charge on any atom is -0.330 e. The number of amides is 2. The van der Waals surface area contributed by atoms with Crippen molar-refractivity contribution in [2.24, 2.45) is 0 Å². The summed E-state index contributed by atoms with van der Waals surface area (Å²) in [6, 6.07) is 12.8. The van der Waals surface area contributed by atoms with Gasteiger partial charge in [-0.1, -0.05) is 24.3 Å². The smallest absolute Gasteiger partial charge is 0.257 e. The molecule has 1 aromatic carbocycles. The van der Waals surface area contributed by atoms with Crippen molar-refractivity contribution < 1.29 is 9.59 Å². The number of likely N-dealkylation sites (tertiary alicyclic amines) is 1. The number of anilines is 1. The Balaban J connectivity index is 1.52. The molecular formula is C24H20N6O2. The van der Waals surface area contributed by atoms with Crippen LogP contribution >= 0.6 is 0 Å². The van der Waals surface area contributed by atoms with Crippen molar-refractivity contribution in [2.75, 3.05) is 11.9 Å². The first kappa shape index (κ1) is 18.7. The normalized spacial score (nSPS) is 21.8. The minimum atomic E-state index is -0.869. The molecule has 1 N–H and O–H groups in total. The predicted molar refractivity (Wildman–Crippen MR) is 117 cm³/mol. The fourth-order valence-corrected chi connectivity index (χ4v) is 5.26. The number of rotatable bonds is 2. The number of carbonyl (C=O) groups excluding carboxylic acids is 2. The van der Waals surface area contributed by atoms with Gasteiger partial charge in [0.25, 0.3) is 5.91 Å². The number of hydrogen-bond donors (Lipinski definition) is 1. The lowest BCUT2D eigenvalue weighted by Gasteiger charge is -2.34. The van der Waals surface area contributed by atoms with Crippen LogP contribution in [-0.4, -0.2) is 42.8 Å². The number of hydrogen-bond acceptors (Lipinski definition) is 5. The van der Waals surface area contributed by atoms with E-state index in [4.69, 9.17) is 0 Å². The SMILES string of the molecule is Cc1c(C(=O)N2CCC3(C(=O)Nc4ccccc43)C2c2cccnc2)cnc2ccnn12. The van der Waals surface area contributed by atoms with Gasteiger partial charge in [-0.25, -0.2) is 9.50 Å². The molecule has 1 spiro atoms. The molecule has 2 amide bonds. The van der Waals surface area contributed by atoms with Crippen LogP contribution in [0.2, 0.25) is 0 Å². The molecule has 5 heterocycles. The highest BCUT2D eigenvalue weighted by Gasteiger charge is 2.59. The van der Waals surface area contributed by atoms with Crippen molar-refractivity contribution in [3.63, 3.8) is 0 Å². The number of aryl methyl sites for hydroxylation is 1. The summed E-state index contributed by atoms with van der Waals surface area (Å²) in [4.78, 5) is 37.8. The first-order valence-electron chi connectivity index (χ1n) is 10.5. The molecule has 0 bridgehead atoms. The molecule has 3 aromatic heterocycles. The van der Waals surface area contributed by atoms with E-state index in [2.05, 4.69) is 20.4 Å². The Labute approximate surface area is 183 Å². The van der Waals surface area contributed by atoms with Gasteiger partial charge in [-0.3, -0.25) is 14.6 Å². The summed E-state index contributed by atoms with van der Waals surface area (Å²) in [5.74, 6) is -0.254. The number of para-hydroxylation sites is 1. The number of carbonyl (C=O) groups is 2. The van der Waals surface area contributed by atoms with Gasteiger partial charge in [0, 0.05) is 36.9 Å². The molecule has 2 unspecified atom stereocenters. The lowest BCUT2D eigenvalue weighted by atomic mass is 9.73. The average molecular weight is 424 g/mol. The highest BCUT2D eigenvalue weighted by Crippen LogP contribution is 2.54. The number of benzene rings is 1. The number of nitrogens with zero attached hydrogens (tertiary/aromatic N) is 5. The molecular weight excluding hydrogens is 404 g/mol. The van der Waals surface area contributed by atoms with Crippen LogP contribution in [0.5, 0.6) is 0 Å². The second kappa shape index (κ2) is 6.71. The first-order chi connectivity index (χ1) is 15.6. The van der Waals surface area contributed by atoms with Crippen LogP contribution in [0.25, 0.3) is 5.65 Å². The minimum absolute atomic E-state index is 0.0831. The Hall–Kier alpha value is -4.07. The third-order valence-corrected chi connectivity index (χ3v) is 6.73. The van der Waals surface area contributed by atoms with Crippen LogP contribution in [0.4, 0.5) is 5.69 Å². The molecule has 8 nitrogen and oxygen atoms in total. The highest BCUT2D eigenvalue weighted by molar-refractivity contribution is 6.08.